The summed E-state index contributed by atoms with van der Waals surface area (Å²) in [6, 6.07) is 5.11. The molecule has 3 heterocycles. The van der Waals surface area contributed by atoms with E-state index in [9.17, 15) is 0 Å². The molecular weight excluding hydrogens is 284 g/mol. The van der Waals surface area contributed by atoms with Gasteiger partial charge < -0.3 is 4.90 Å². The molecule has 0 saturated carbocycles. The van der Waals surface area contributed by atoms with Crippen molar-refractivity contribution >= 4 is 23.5 Å². The molecule has 1 aromatic rings. The summed E-state index contributed by atoms with van der Waals surface area (Å²) in [5.74, 6) is 2.58. The molecule has 20 heavy (non-hydrogen) atoms. The molecule has 2 aliphatic rings. The monoisotopic (exact) mass is 308 g/mol. The third-order valence-electron chi connectivity index (χ3n) is 4.49. The van der Waals surface area contributed by atoms with Gasteiger partial charge in [-0.2, -0.15) is 0 Å². The van der Waals surface area contributed by atoms with Crippen LogP contribution in [0.15, 0.2) is 24.5 Å². The second kappa shape index (κ2) is 6.71. The van der Waals surface area contributed by atoms with E-state index in [0.29, 0.717) is 0 Å². The zero-order chi connectivity index (χ0) is 13.8. The van der Waals surface area contributed by atoms with E-state index in [1.165, 1.54) is 55.7 Å². The lowest BCUT2D eigenvalue weighted by molar-refractivity contribution is 0.173. The highest BCUT2D eigenvalue weighted by molar-refractivity contribution is 8.18. The molecule has 1 atom stereocenters. The van der Waals surface area contributed by atoms with Gasteiger partial charge in [0.2, 0.25) is 0 Å². The van der Waals surface area contributed by atoms with Crippen molar-refractivity contribution in [3.05, 3.63) is 30.1 Å². The van der Waals surface area contributed by atoms with Crippen LogP contribution in [0.4, 0.5) is 0 Å². The second-order valence-electron chi connectivity index (χ2n) is 5.88. The predicted molar refractivity (Wildman–Crippen MR) is 90.3 cm³/mol. The number of likely N-dealkylation sites (tertiary alicyclic amines) is 1. The first kappa shape index (κ1) is 14.7. The molecule has 1 aromatic heterocycles. The Morgan fingerprint density at radius 1 is 1.30 bits per heavy atom. The Bertz CT molecular complexity index is 418. The molecule has 0 aliphatic carbocycles. The molecule has 2 saturated heterocycles. The van der Waals surface area contributed by atoms with Crippen LogP contribution in [0.1, 0.15) is 37.7 Å². The fraction of sp³-hybridized carbons (Fsp3) is 0.688. The fourth-order valence-electron chi connectivity index (χ4n) is 3.28. The van der Waals surface area contributed by atoms with Crippen molar-refractivity contribution in [3.63, 3.8) is 0 Å². The maximum absolute atomic E-state index is 4.38. The van der Waals surface area contributed by atoms with Crippen molar-refractivity contribution < 1.29 is 0 Å². The van der Waals surface area contributed by atoms with E-state index >= 15 is 0 Å². The van der Waals surface area contributed by atoms with Gasteiger partial charge in [-0.1, -0.05) is 12.5 Å². The van der Waals surface area contributed by atoms with Gasteiger partial charge >= 0.3 is 0 Å². The van der Waals surface area contributed by atoms with Crippen LogP contribution >= 0.6 is 23.5 Å². The van der Waals surface area contributed by atoms with Crippen LogP contribution in [0.3, 0.4) is 0 Å². The van der Waals surface area contributed by atoms with E-state index in [2.05, 4.69) is 58.8 Å². The zero-order valence-electron chi connectivity index (χ0n) is 12.3. The van der Waals surface area contributed by atoms with Crippen LogP contribution in [0, 0.1) is 0 Å². The summed E-state index contributed by atoms with van der Waals surface area (Å²) in [6.45, 7) is 1.27. The third kappa shape index (κ3) is 3.18. The summed E-state index contributed by atoms with van der Waals surface area (Å²) < 4.78 is 0.239. The molecule has 3 rings (SSSR count). The molecule has 4 heteroatoms. The van der Waals surface area contributed by atoms with E-state index < -0.39 is 0 Å². The third-order valence-corrected chi connectivity index (χ3v) is 7.92. The molecule has 0 aromatic carbocycles. The van der Waals surface area contributed by atoms with Crippen LogP contribution < -0.4 is 0 Å². The summed E-state index contributed by atoms with van der Waals surface area (Å²) in [7, 11) is 2.30. The summed E-state index contributed by atoms with van der Waals surface area (Å²) in [5.41, 5.74) is 1.42. The van der Waals surface area contributed by atoms with Gasteiger partial charge in [0, 0.05) is 18.4 Å². The molecule has 0 amide bonds. The Labute approximate surface area is 131 Å². The van der Waals surface area contributed by atoms with Crippen LogP contribution in [-0.2, 0) is 4.08 Å². The minimum Gasteiger partial charge on any atom is -0.303 e. The topological polar surface area (TPSA) is 16.1 Å². The van der Waals surface area contributed by atoms with E-state index in [-0.39, 0.29) is 4.08 Å². The predicted octanol–water partition coefficient (Wildman–Crippen LogP) is 3.98. The lowest BCUT2D eigenvalue weighted by Gasteiger charge is -2.42. The maximum atomic E-state index is 4.38. The average molecular weight is 309 g/mol. The lowest BCUT2D eigenvalue weighted by atomic mass is 9.96. The first-order valence-corrected chi connectivity index (χ1v) is 9.66. The number of pyridine rings is 1. The summed E-state index contributed by atoms with van der Waals surface area (Å²) in [4.78, 5) is 6.96. The number of rotatable bonds is 3. The molecule has 2 fully saturated rings. The minimum atomic E-state index is 0.239. The highest BCUT2D eigenvalue weighted by Gasteiger charge is 2.39. The fourth-order valence-corrected chi connectivity index (χ4v) is 6.73. The molecule has 2 aliphatic heterocycles. The van der Waals surface area contributed by atoms with E-state index in [4.69, 9.17) is 0 Å². The molecule has 2 nitrogen and oxygen atoms in total. The molecule has 0 spiro atoms. The second-order valence-corrected chi connectivity index (χ2v) is 8.93. The van der Waals surface area contributed by atoms with Gasteiger partial charge in [-0.15, -0.1) is 23.5 Å². The zero-order valence-corrected chi connectivity index (χ0v) is 13.9. The summed E-state index contributed by atoms with van der Waals surface area (Å²) >= 11 is 4.31. The van der Waals surface area contributed by atoms with E-state index in [1.807, 2.05) is 6.20 Å². The van der Waals surface area contributed by atoms with Gasteiger partial charge in [0.25, 0.3) is 0 Å². The lowest BCUT2D eigenvalue weighted by Crippen LogP contribution is -2.41. The highest BCUT2D eigenvalue weighted by atomic mass is 32.2. The van der Waals surface area contributed by atoms with E-state index in [1.54, 1.807) is 0 Å². The van der Waals surface area contributed by atoms with Gasteiger partial charge in [-0.25, -0.2) is 0 Å². The molecule has 0 N–H and O–H groups in total. The Morgan fingerprint density at radius 3 is 2.85 bits per heavy atom. The molecule has 0 bridgehead atoms. The summed E-state index contributed by atoms with van der Waals surface area (Å²) in [6.07, 6.45) is 10.7. The maximum Gasteiger partial charge on any atom is 0.0889 e. The number of hydrogen-bond donors (Lipinski definition) is 0. The first-order valence-electron chi connectivity index (χ1n) is 7.69. The average Bonchev–Trinajstić information content (AvgIpc) is 2.52. The first-order chi connectivity index (χ1) is 9.80. The Balaban J connectivity index is 1.82. The van der Waals surface area contributed by atoms with Gasteiger partial charge in [0.15, 0.2) is 0 Å². The number of aromatic nitrogens is 1. The van der Waals surface area contributed by atoms with Crippen molar-refractivity contribution in [2.75, 3.05) is 25.1 Å². The largest absolute Gasteiger partial charge is 0.303 e. The van der Waals surface area contributed by atoms with E-state index in [0.717, 1.165) is 6.04 Å². The Hall–Kier alpha value is -0.190. The quantitative estimate of drug-likeness (QED) is 0.839. The van der Waals surface area contributed by atoms with Gasteiger partial charge in [0.1, 0.15) is 0 Å². The number of hydrogen-bond acceptors (Lipinski definition) is 4. The number of nitrogens with zero attached hydrogens (tertiary/aromatic N) is 2. The van der Waals surface area contributed by atoms with Gasteiger partial charge in [-0.05, 0) is 62.4 Å². The van der Waals surface area contributed by atoms with Crippen LogP contribution in [-0.4, -0.2) is 41.0 Å². The van der Waals surface area contributed by atoms with Crippen LogP contribution in [0.5, 0.6) is 0 Å². The van der Waals surface area contributed by atoms with Crippen LogP contribution in [0.2, 0.25) is 0 Å². The molecule has 110 valence electrons. The number of piperidine rings is 1. The SMILES string of the molecule is CN1CCCCC1CC1(c2cccnc2)SCCCS1. The van der Waals surface area contributed by atoms with Crippen molar-refractivity contribution in [3.8, 4) is 0 Å². The molecule has 0 radical (unpaired) electrons. The van der Waals surface area contributed by atoms with Crippen molar-refractivity contribution in [1.29, 1.82) is 0 Å². The van der Waals surface area contributed by atoms with Crippen molar-refractivity contribution in [2.45, 2.75) is 42.2 Å². The molecular formula is C16H24N2S2. The Kier molecular flexibility index (Phi) is 4.95. The standard InChI is InChI=1S/C16H24N2S2/c1-18-9-3-2-7-15(18)12-16(19-10-5-11-20-16)14-6-4-8-17-13-14/h4,6,8,13,15H,2-3,5,7,9-12H2,1H3. The normalized spacial score (nSPS) is 27.4. The van der Waals surface area contributed by atoms with Gasteiger partial charge in [-0.3, -0.25) is 4.98 Å². The Morgan fingerprint density at radius 2 is 2.15 bits per heavy atom. The number of thioether (sulfide) groups is 2. The summed E-state index contributed by atoms with van der Waals surface area (Å²) in [5, 5.41) is 0. The van der Waals surface area contributed by atoms with Gasteiger partial charge in [0.05, 0.1) is 4.08 Å². The van der Waals surface area contributed by atoms with Crippen molar-refractivity contribution in [1.82, 2.24) is 9.88 Å². The minimum absolute atomic E-state index is 0.239. The smallest absolute Gasteiger partial charge is 0.0889 e. The van der Waals surface area contributed by atoms with Crippen LogP contribution in [0.25, 0.3) is 0 Å². The van der Waals surface area contributed by atoms with Crippen molar-refractivity contribution in [2.24, 2.45) is 0 Å². The molecule has 1 unspecified atom stereocenters. The highest BCUT2D eigenvalue weighted by Crippen LogP contribution is 2.53.